The number of hydrogen-bond donors (Lipinski definition) is 0. The summed E-state index contributed by atoms with van der Waals surface area (Å²) in [4.78, 5) is 6.57. The third-order valence-electron chi connectivity index (χ3n) is 2.82. The van der Waals surface area contributed by atoms with Crippen LogP contribution in [0.15, 0.2) is 18.2 Å². The zero-order chi connectivity index (χ0) is 11.5. The molecule has 1 aliphatic heterocycles. The molecule has 0 aromatic carbocycles. The molecular weight excluding hydrogens is 198 g/mol. The molecule has 0 atom stereocenters. The standard InChI is InChI=1S/C13H15N3/c1-10-8-13(12(9-14)11(2)15-10)16-6-4-3-5-7-16/h3-4,8H,5-7H2,1-2H3. The van der Waals surface area contributed by atoms with Crippen LogP contribution in [0.2, 0.25) is 0 Å². The van der Waals surface area contributed by atoms with E-state index in [0.717, 1.165) is 36.6 Å². The predicted octanol–water partition coefficient (Wildman–Crippen LogP) is 2.34. The lowest BCUT2D eigenvalue weighted by atomic mass is 10.1. The minimum atomic E-state index is 0.709. The van der Waals surface area contributed by atoms with E-state index in [2.05, 4.69) is 28.1 Å². The summed E-state index contributed by atoms with van der Waals surface area (Å²) in [7, 11) is 0. The predicted molar refractivity (Wildman–Crippen MR) is 64.4 cm³/mol. The number of anilines is 1. The number of nitrogens with zero attached hydrogens (tertiary/aromatic N) is 3. The first-order valence-electron chi connectivity index (χ1n) is 5.50. The lowest BCUT2D eigenvalue weighted by Gasteiger charge is -2.27. The summed E-state index contributed by atoms with van der Waals surface area (Å²) in [6, 6.07) is 4.26. The van der Waals surface area contributed by atoms with Gasteiger partial charge in [0.25, 0.3) is 0 Å². The second-order valence-electron chi connectivity index (χ2n) is 4.06. The van der Waals surface area contributed by atoms with Crippen LogP contribution in [0.25, 0.3) is 0 Å². The van der Waals surface area contributed by atoms with Gasteiger partial charge in [0.1, 0.15) is 6.07 Å². The average molecular weight is 213 g/mol. The average Bonchev–Trinajstić information content (AvgIpc) is 2.29. The number of pyridine rings is 1. The first-order valence-corrected chi connectivity index (χ1v) is 5.50. The van der Waals surface area contributed by atoms with Gasteiger partial charge in [-0.25, -0.2) is 0 Å². The van der Waals surface area contributed by atoms with Crippen LogP contribution < -0.4 is 4.90 Å². The Morgan fingerprint density at radius 3 is 2.81 bits per heavy atom. The Bertz CT molecular complexity index is 469. The fraction of sp³-hybridized carbons (Fsp3) is 0.385. The number of aryl methyl sites for hydroxylation is 2. The van der Waals surface area contributed by atoms with Gasteiger partial charge in [0.15, 0.2) is 0 Å². The van der Waals surface area contributed by atoms with Crippen molar-refractivity contribution >= 4 is 5.69 Å². The van der Waals surface area contributed by atoms with Crippen LogP contribution in [0.4, 0.5) is 5.69 Å². The second-order valence-corrected chi connectivity index (χ2v) is 4.06. The van der Waals surface area contributed by atoms with Crippen LogP contribution in [-0.4, -0.2) is 18.1 Å². The van der Waals surface area contributed by atoms with Crippen molar-refractivity contribution in [2.75, 3.05) is 18.0 Å². The quantitative estimate of drug-likeness (QED) is 0.672. The fourth-order valence-corrected chi connectivity index (χ4v) is 2.06. The lowest BCUT2D eigenvalue weighted by molar-refractivity contribution is 0.816. The Hall–Kier alpha value is -1.82. The molecule has 2 rings (SSSR count). The van der Waals surface area contributed by atoms with Crippen LogP contribution in [0.3, 0.4) is 0 Å². The Morgan fingerprint density at radius 2 is 2.19 bits per heavy atom. The minimum Gasteiger partial charge on any atom is -0.366 e. The van der Waals surface area contributed by atoms with Crippen molar-refractivity contribution in [2.45, 2.75) is 20.3 Å². The van der Waals surface area contributed by atoms with E-state index in [1.54, 1.807) is 0 Å². The molecule has 1 aromatic heterocycles. The summed E-state index contributed by atoms with van der Waals surface area (Å²) in [6.07, 6.45) is 5.38. The van der Waals surface area contributed by atoms with Crippen LogP contribution in [-0.2, 0) is 0 Å². The van der Waals surface area contributed by atoms with Crippen molar-refractivity contribution < 1.29 is 0 Å². The molecular formula is C13H15N3. The normalized spacial score (nSPS) is 14.9. The van der Waals surface area contributed by atoms with Gasteiger partial charge in [-0.05, 0) is 26.3 Å². The van der Waals surface area contributed by atoms with Crippen LogP contribution in [0, 0.1) is 25.2 Å². The van der Waals surface area contributed by atoms with Gasteiger partial charge in [0.05, 0.1) is 16.9 Å². The second kappa shape index (κ2) is 4.36. The molecule has 1 aromatic rings. The highest BCUT2D eigenvalue weighted by Gasteiger charge is 2.14. The third kappa shape index (κ3) is 1.92. The SMILES string of the molecule is Cc1cc(N2CC=CCC2)c(C#N)c(C)n1. The van der Waals surface area contributed by atoms with Crippen molar-refractivity contribution in [1.82, 2.24) is 4.98 Å². The van der Waals surface area contributed by atoms with Gasteiger partial charge in [0, 0.05) is 18.8 Å². The molecule has 0 unspecified atom stereocenters. The van der Waals surface area contributed by atoms with Gasteiger partial charge < -0.3 is 4.90 Å². The van der Waals surface area contributed by atoms with E-state index in [1.807, 2.05) is 19.9 Å². The molecule has 16 heavy (non-hydrogen) atoms. The Balaban J connectivity index is 2.46. The highest BCUT2D eigenvalue weighted by molar-refractivity contribution is 5.62. The molecule has 0 amide bonds. The van der Waals surface area contributed by atoms with E-state index in [1.165, 1.54) is 0 Å². The highest BCUT2D eigenvalue weighted by Crippen LogP contribution is 2.24. The maximum Gasteiger partial charge on any atom is 0.103 e. The first kappa shape index (κ1) is 10.7. The molecule has 3 nitrogen and oxygen atoms in total. The Labute approximate surface area is 96.0 Å². The largest absolute Gasteiger partial charge is 0.366 e. The number of aromatic nitrogens is 1. The Morgan fingerprint density at radius 1 is 1.38 bits per heavy atom. The van der Waals surface area contributed by atoms with Crippen molar-refractivity contribution in [3.8, 4) is 6.07 Å². The maximum atomic E-state index is 9.19. The molecule has 0 bridgehead atoms. The van der Waals surface area contributed by atoms with Gasteiger partial charge in [0.2, 0.25) is 0 Å². The molecule has 0 fully saturated rings. The third-order valence-corrected chi connectivity index (χ3v) is 2.82. The van der Waals surface area contributed by atoms with Crippen molar-refractivity contribution in [3.05, 3.63) is 35.2 Å². The van der Waals surface area contributed by atoms with Gasteiger partial charge in [-0.1, -0.05) is 12.2 Å². The smallest absolute Gasteiger partial charge is 0.103 e. The van der Waals surface area contributed by atoms with Crippen molar-refractivity contribution in [3.63, 3.8) is 0 Å². The first-order chi connectivity index (χ1) is 7.72. The Kier molecular flexibility index (Phi) is 2.91. The topological polar surface area (TPSA) is 39.9 Å². The summed E-state index contributed by atoms with van der Waals surface area (Å²) in [5.74, 6) is 0. The van der Waals surface area contributed by atoms with E-state index in [-0.39, 0.29) is 0 Å². The maximum absolute atomic E-state index is 9.19. The number of nitriles is 1. The summed E-state index contributed by atoms with van der Waals surface area (Å²) >= 11 is 0. The van der Waals surface area contributed by atoms with Crippen molar-refractivity contribution in [2.24, 2.45) is 0 Å². The molecule has 1 aliphatic rings. The van der Waals surface area contributed by atoms with E-state index in [9.17, 15) is 5.26 Å². The summed E-state index contributed by atoms with van der Waals surface area (Å²) in [5.41, 5.74) is 3.53. The van der Waals surface area contributed by atoms with E-state index in [0.29, 0.717) is 5.56 Å². The molecule has 0 saturated carbocycles. The van der Waals surface area contributed by atoms with Gasteiger partial charge in [-0.15, -0.1) is 0 Å². The van der Waals surface area contributed by atoms with Crippen LogP contribution in [0.1, 0.15) is 23.4 Å². The monoisotopic (exact) mass is 213 g/mol. The molecule has 2 heterocycles. The molecule has 0 N–H and O–H groups in total. The summed E-state index contributed by atoms with van der Waals surface area (Å²) < 4.78 is 0. The molecule has 0 spiro atoms. The number of rotatable bonds is 1. The summed E-state index contributed by atoms with van der Waals surface area (Å²) in [5, 5.41) is 9.19. The van der Waals surface area contributed by atoms with Crippen molar-refractivity contribution in [1.29, 1.82) is 5.26 Å². The molecule has 82 valence electrons. The van der Waals surface area contributed by atoms with E-state index in [4.69, 9.17) is 0 Å². The fourth-order valence-electron chi connectivity index (χ4n) is 2.06. The molecule has 3 heteroatoms. The van der Waals surface area contributed by atoms with Crippen LogP contribution >= 0.6 is 0 Å². The molecule has 0 aliphatic carbocycles. The number of hydrogen-bond acceptors (Lipinski definition) is 3. The van der Waals surface area contributed by atoms with Gasteiger partial charge in [-0.2, -0.15) is 5.26 Å². The van der Waals surface area contributed by atoms with E-state index < -0.39 is 0 Å². The lowest BCUT2D eigenvalue weighted by Crippen LogP contribution is -2.28. The molecule has 0 saturated heterocycles. The van der Waals surface area contributed by atoms with Gasteiger partial charge in [-0.3, -0.25) is 4.98 Å². The van der Waals surface area contributed by atoms with Gasteiger partial charge >= 0.3 is 0 Å². The highest BCUT2D eigenvalue weighted by atomic mass is 15.1. The van der Waals surface area contributed by atoms with Crippen LogP contribution in [0.5, 0.6) is 0 Å². The summed E-state index contributed by atoms with van der Waals surface area (Å²) in [6.45, 7) is 5.73. The zero-order valence-corrected chi connectivity index (χ0v) is 9.70. The van der Waals surface area contributed by atoms with E-state index >= 15 is 0 Å². The minimum absolute atomic E-state index is 0.709. The molecule has 0 radical (unpaired) electrons. The zero-order valence-electron chi connectivity index (χ0n) is 9.70.